The summed E-state index contributed by atoms with van der Waals surface area (Å²) in [5.74, 6) is 2.95. The average molecular weight is 557 g/mol. The maximum atomic E-state index is 12.7. The fraction of sp³-hybridized carbons (Fsp3) is 0.281. The third kappa shape index (κ3) is 7.54. The number of likely N-dealkylation sites (N-methyl/N-ethyl adjacent to an activating group) is 1. The molecule has 0 atom stereocenters. The van der Waals surface area contributed by atoms with Gasteiger partial charge in [0, 0.05) is 42.7 Å². The van der Waals surface area contributed by atoms with Crippen LogP contribution in [0.15, 0.2) is 78.0 Å². The smallest absolute Gasteiger partial charge is 0.251 e. The van der Waals surface area contributed by atoms with E-state index in [4.69, 9.17) is 19.4 Å². The Morgan fingerprint density at radius 2 is 1.62 bits per heavy atom. The van der Waals surface area contributed by atoms with Gasteiger partial charge in [0.2, 0.25) is 0 Å². The van der Waals surface area contributed by atoms with Gasteiger partial charge in [-0.3, -0.25) is 4.79 Å². The van der Waals surface area contributed by atoms with Crippen LogP contribution >= 0.6 is 11.8 Å². The molecule has 7 nitrogen and oxygen atoms in total. The van der Waals surface area contributed by atoms with Crippen molar-refractivity contribution in [1.82, 2.24) is 15.3 Å². The van der Waals surface area contributed by atoms with Crippen LogP contribution in [0.1, 0.15) is 38.3 Å². The van der Waals surface area contributed by atoms with Crippen molar-refractivity contribution in [1.29, 1.82) is 0 Å². The second kappa shape index (κ2) is 13.8. The summed E-state index contributed by atoms with van der Waals surface area (Å²) in [4.78, 5) is 24.5. The number of nitrogens with zero attached hydrogens (tertiary/aromatic N) is 3. The van der Waals surface area contributed by atoms with Gasteiger partial charge in [0.1, 0.15) is 5.82 Å². The minimum Gasteiger partial charge on any atom is -0.493 e. The van der Waals surface area contributed by atoms with Gasteiger partial charge >= 0.3 is 0 Å². The number of hydrogen-bond acceptors (Lipinski definition) is 7. The molecule has 0 aliphatic carbocycles. The van der Waals surface area contributed by atoms with Crippen molar-refractivity contribution in [3.8, 4) is 11.5 Å². The molecule has 4 rings (SSSR count). The monoisotopic (exact) mass is 556 g/mol. The predicted octanol–water partition coefficient (Wildman–Crippen LogP) is 6.01. The molecular formula is C32H36N4O3S. The number of anilines is 1. The molecule has 0 saturated carbocycles. The number of carbonyl (C=O) groups is 1. The predicted molar refractivity (Wildman–Crippen MR) is 162 cm³/mol. The number of aryl methyl sites for hydroxylation is 1. The highest BCUT2D eigenvalue weighted by Gasteiger charge is 2.14. The number of ether oxygens (including phenoxy) is 2. The molecule has 0 unspecified atom stereocenters. The number of aromatic nitrogens is 2. The van der Waals surface area contributed by atoms with Gasteiger partial charge in [-0.2, -0.15) is 0 Å². The molecule has 1 amide bonds. The van der Waals surface area contributed by atoms with E-state index in [0.29, 0.717) is 17.9 Å². The Hall–Kier alpha value is -4.04. The van der Waals surface area contributed by atoms with Gasteiger partial charge in [0.15, 0.2) is 16.7 Å². The second-order valence-electron chi connectivity index (χ2n) is 9.56. The Balaban J connectivity index is 1.38. The van der Waals surface area contributed by atoms with Crippen LogP contribution < -0.4 is 19.7 Å². The summed E-state index contributed by atoms with van der Waals surface area (Å²) in [6.07, 6.45) is 0.834. The number of nitrogens with one attached hydrogen (secondary N) is 1. The van der Waals surface area contributed by atoms with Gasteiger partial charge in [-0.15, -0.1) is 0 Å². The average Bonchev–Trinajstić information content (AvgIpc) is 2.99. The molecule has 0 bridgehead atoms. The van der Waals surface area contributed by atoms with Crippen molar-refractivity contribution >= 4 is 23.5 Å². The molecule has 1 heterocycles. The van der Waals surface area contributed by atoms with Crippen LogP contribution in [0.25, 0.3) is 0 Å². The third-order valence-electron chi connectivity index (χ3n) is 6.74. The van der Waals surface area contributed by atoms with E-state index in [1.165, 1.54) is 0 Å². The summed E-state index contributed by atoms with van der Waals surface area (Å²) in [5.41, 5.74) is 5.94. The highest BCUT2D eigenvalue weighted by atomic mass is 32.2. The maximum absolute atomic E-state index is 12.7. The number of hydrogen-bond donors (Lipinski definition) is 1. The van der Waals surface area contributed by atoms with Gasteiger partial charge in [-0.1, -0.05) is 60.3 Å². The lowest BCUT2D eigenvalue weighted by Gasteiger charge is -2.22. The SMILES string of the molecule is COc1ccc(CCN(C)c2nc(SCc3cccc(C(=O)NCc4ccccc4)c3)nc(C)c2C)cc1OC. The van der Waals surface area contributed by atoms with E-state index in [0.717, 1.165) is 63.4 Å². The van der Waals surface area contributed by atoms with Gasteiger partial charge in [0.25, 0.3) is 5.91 Å². The lowest BCUT2D eigenvalue weighted by molar-refractivity contribution is 0.0951. The first kappa shape index (κ1) is 29.0. The van der Waals surface area contributed by atoms with E-state index in [1.807, 2.05) is 73.7 Å². The number of rotatable bonds is 12. The molecule has 1 aromatic heterocycles. The van der Waals surface area contributed by atoms with Crippen molar-refractivity contribution in [3.63, 3.8) is 0 Å². The number of thioether (sulfide) groups is 1. The first-order valence-electron chi connectivity index (χ1n) is 13.2. The topological polar surface area (TPSA) is 76.6 Å². The van der Waals surface area contributed by atoms with E-state index < -0.39 is 0 Å². The zero-order valence-corrected chi connectivity index (χ0v) is 24.5. The van der Waals surface area contributed by atoms with Crippen LogP contribution in [0.2, 0.25) is 0 Å². The van der Waals surface area contributed by atoms with Gasteiger partial charge in [-0.05, 0) is 61.2 Å². The molecule has 4 aromatic rings. The van der Waals surface area contributed by atoms with Gasteiger partial charge in [0.05, 0.1) is 14.2 Å². The van der Waals surface area contributed by atoms with Crippen LogP contribution in [-0.4, -0.2) is 43.7 Å². The standard InChI is InChI=1S/C32H36N4O3S/c1-22-23(2)34-32(35-30(22)36(3)17-16-24-14-15-28(38-4)29(19-24)39-5)40-21-26-12-9-13-27(18-26)31(37)33-20-25-10-7-6-8-11-25/h6-15,18-19H,16-17,20-21H2,1-5H3,(H,33,37). The van der Waals surface area contributed by atoms with E-state index in [-0.39, 0.29) is 5.91 Å². The van der Waals surface area contributed by atoms with Crippen molar-refractivity contribution in [2.24, 2.45) is 0 Å². The molecular weight excluding hydrogens is 520 g/mol. The number of methoxy groups -OCH3 is 2. The largest absolute Gasteiger partial charge is 0.493 e. The number of benzene rings is 3. The third-order valence-corrected chi connectivity index (χ3v) is 7.66. The Kier molecular flexibility index (Phi) is 10.0. The molecule has 0 aliphatic heterocycles. The van der Waals surface area contributed by atoms with E-state index in [1.54, 1.807) is 26.0 Å². The normalized spacial score (nSPS) is 10.7. The quantitative estimate of drug-likeness (QED) is 0.169. The fourth-order valence-electron chi connectivity index (χ4n) is 4.29. The summed E-state index contributed by atoms with van der Waals surface area (Å²) in [5, 5.41) is 3.71. The molecule has 208 valence electrons. The first-order valence-corrected chi connectivity index (χ1v) is 14.2. The zero-order chi connectivity index (χ0) is 28.5. The molecule has 8 heteroatoms. The Morgan fingerprint density at radius 3 is 2.38 bits per heavy atom. The maximum Gasteiger partial charge on any atom is 0.251 e. The summed E-state index contributed by atoms with van der Waals surface area (Å²) in [6, 6.07) is 23.6. The minimum absolute atomic E-state index is 0.0866. The van der Waals surface area contributed by atoms with Crippen LogP contribution in [0.4, 0.5) is 5.82 Å². The highest BCUT2D eigenvalue weighted by Crippen LogP contribution is 2.29. The molecule has 1 N–H and O–H groups in total. The lowest BCUT2D eigenvalue weighted by Crippen LogP contribution is -2.23. The van der Waals surface area contributed by atoms with Crippen LogP contribution in [0.5, 0.6) is 11.5 Å². The van der Waals surface area contributed by atoms with E-state index in [2.05, 4.69) is 30.3 Å². The molecule has 3 aromatic carbocycles. The van der Waals surface area contributed by atoms with Gasteiger partial charge in [-0.25, -0.2) is 9.97 Å². The summed E-state index contributed by atoms with van der Waals surface area (Å²) in [7, 11) is 5.35. The Labute approximate surface area is 241 Å². The summed E-state index contributed by atoms with van der Waals surface area (Å²) in [6.45, 7) is 5.36. The van der Waals surface area contributed by atoms with Crippen molar-refractivity contribution < 1.29 is 14.3 Å². The van der Waals surface area contributed by atoms with E-state index >= 15 is 0 Å². The van der Waals surface area contributed by atoms with E-state index in [9.17, 15) is 4.79 Å². The second-order valence-corrected chi connectivity index (χ2v) is 10.5. The van der Waals surface area contributed by atoms with Crippen molar-refractivity contribution in [2.75, 3.05) is 32.7 Å². The molecule has 40 heavy (non-hydrogen) atoms. The van der Waals surface area contributed by atoms with Gasteiger partial charge < -0.3 is 19.7 Å². The Morgan fingerprint density at radius 1 is 0.875 bits per heavy atom. The number of carbonyl (C=O) groups excluding carboxylic acids is 1. The highest BCUT2D eigenvalue weighted by molar-refractivity contribution is 7.98. The molecule has 0 radical (unpaired) electrons. The lowest BCUT2D eigenvalue weighted by atomic mass is 10.1. The molecule has 0 fully saturated rings. The molecule has 0 saturated heterocycles. The van der Waals surface area contributed by atoms with Crippen molar-refractivity contribution in [2.45, 2.75) is 37.7 Å². The zero-order valence-electron chi connectivity index (χ0n) is 23.7. The fourth-order valence-corrected chi connectivity index (χ4v) is 5.12. The van der Waals surface area contributed by atoms with Crippen LogP contribution in [0.3, 0.4) is 0 Å². The Bertz CT molecular complexity index is 1450. The molecule has 0 spiro atoms. The van der Waals surface area contributed by atoms with Crippen LogP contribution in [-0.2, 0) is 18.7 Å². The number of amides is 1. The summed E-state index contributed by atoms with van der Waals surface area (Å²) >= 11 is 1.57. The minimum atomic E-state index is -0.0866. The molecule has 0 aliphatic rings. The summed E-state index contributed by atoms with van der Waals surface area (Å²) < 4.78 is 10.8. The van der Waals surface area contributed by atoms with Crippen LogP contribution in [0, 0.1) is 13.8 Å². The van der Waals surface area contributed by atoms with Crippen molar-refractivity contribution in [3.05, 3.63) is 106 Å². The first-order chi connectivity index (χ1) is 19.4.